The molecule has 1 aromatic heterocycles. The third-order valence-electron chi connectivity index (χ3n) is 5.32. The molecule has 130 valence electrons. The standard InChI is InChI=1S/C18H21N3O.2ClH/c19-16-7-3-5-13-10-21(11-15(13)16)18(22)17-14-6-2-1-4-12(14)8-9-20-17;;/h1-2,4,6,8-9,13,15-16H,3,5,7,10-11,19H2;2*1H. The van der Waals surface area contributed by atoms with Gasteiger partial charge in [-0.05, 0) is 36.1 Å². The first kappa shape index (κ1) is 19.0. The maximum Gasteiger partial charge on any atom is 0.273 e. The second-order valence-electron chi connectivity index (χ2n) is 6.61. The summed E-state index contributed by atoms with van der Waals surface area (Å²) in [5.74, 6) is 1.09. The lowest BCUT2D eigenvalue weighted by atomic mass is 9.78. The van der Waals surface area contributed by atoms with E-state index in [1.807, 2.05) is 35.2 Å². The molecule has 3 unspecified atom stereocenters. The maximum atomic E-state index is 12.9. The molecule has 1 saturated carbocycles. The molecule has 1 saturated heterocycles. The van der Waals surface area contributed by atoms with Gasteiger partial charge in [-0.2, -0.15) is 0 Å². The van der Waals surface area contributed by atoms with E-state index in [2.05, 4.69) is 4.98 Å². The fourth-order valence-corrected chi connectivity index (χ4v) is 4.12. The minimum atomic E-state index is 0. The highest BCUT2D eigenvalue weighted by atomic mass is 35.5. The van der Waals surface area contributed by atoms with Gasteiger partial charge in [-0.15, -0.1) is 24.8 Å². The molecule has 2 heterocycles. The Morgan fingerprint density at radius 2 is 1.92 bits per heavy atom. The zero-order valence-electron chi connectivity index (χ0n) is 13.4. The van der Waals surface area contributed by atoms with E-state index in [-0.39, 0.29) is 36.8 Å². The number of aromatic nitrogens is 1. The summed E-state index contributed by atoms with van der Waals surface area (Å²) < 4.78 is 0. The molecule has 4 rings (SSSR count). The monoisotopic (exact) mass is 367 g/mol. The van der Waals surface area contributed by atoms with Gasteiger partial charge >= 0.3 is 0 Å². The summed E-state index contributed by atoms with van der Waals surface area (Å²) >= 11 is 0. The van der Waals surface area contributed by atoms with Crippen LogP contribution in [0.5, 0.6) is 0 Å². The molecule has 6 heteroatoms. The lowest BCUT2D eigenvalue weighted by molar-refractivity contribution is 0.0780. The van der Waals surface area contributed by atoms with Crippen molar-refractivity contribution < 1.29 is 4.79 Å². The van der Waals surface area contributed by atoms with E-state index >= 15 is 0 Å². The van der Waals surface area contributed by atoms with Crippen LogP contribution in [0.3, 0.4) is 0 Å². The summed E-state index contributed by atoms with van der Waals surface area (Å²) in [6, 6.07) is 10.1. The molecular weight excluding hydrogens is 345 g/mol. The number of hydrogen-bond donors (Lipinski definition) is 1. The van der Waals surface area contributed by atoms with E-state index in [1.54, 1.807) is 6.20 Å². The third kappa shape index (κ3) is 3.23. The van der Waals surface area contributed by atoms with E-state index in [4.69, 9.17) is 5.73 Å². The number of halogens is 2. The van der Waals surface area contributed by atoms with Gasteiger partial charge in [-0.1, -0.05) is 30.7 Å². The molecule has 2 N–H and O–H groups in total. The molecule has 0 radical (unpaired) electrons. The Hall–Kier alpha value is -1.36. The molecule has 0 bridgehead atoms. The summed E-state index contributed by atoms with van der Waals surface area (Å²) in [5, 5.41) is 2.00. The van der Waals surface area contributed by atoms with Gasteiger partial charge < -0.3 is 10.6 Å². The second kappa shape index (κ2) is 7.68. The highest BCUT2D eigenvalue weighted by Crippen LogP contribution is 2.36. The van der Waals surface area contributed by atoms with Crippen molar-refractivity contribution in [2.75, 3.05) is 13.1 Å². The van der Waals surface area contributed by atoms with Crippen molar-refractivity contribution in [2.24, 2.45) is 17.6 Å². The van der Waals surface area contributed by atoms with Crippen molar-refractivity contribution in [3.05, 3.63) is 42.2 Å². The summed E-state index contributed by atoms with van der Waals surface area (Å²) in [6.45, 7) is 1.62. The number of carbonyl (C=O) groups excluding carboxylic acids is 1. The van der Waals surface area contributed by atoms with Crippen LogP contribution in [0.2, 0.25) is 0 Å². The molecular formula is C18H23Cl2N3O. The fourth-order valence-electron chi connectivity index (χ4n) is 4.12. The molecule has 2 aliphatic rings. The summed E-state index contributed by atoms with van der Waals surface area (Å²) in [7, 11) is 0. The number of fused-ring (bicyclic) bond motifs is 2. The molecule has 24 heavy (non-hydrogen) atoms. The van der Waals surface area contributed by atoms with Gasteiger partial charge in [-0.25, -0.2) is 0 Å². The number of nitrogens with two attached hydrogens (primary N) is 1. The predicted molar refractivity (Wildman–Crippen MR) is 101 cm³/mol. The second-order valence-corrected chi connectivity index (χ2v) is 6.61. The average molecular weight is 368 g/mol. The topological polar surface area (TPSA) is 59.2 Å². The Kier molecular flexibility index (Phi) is 6.07. The largest absolute Gasteiger partial charge is 0.337 e. The van der Waals surface area contributed by atoms with Crippen molar-refractivity contribution >= 4 is 41.5 Å². The van der Waals surface area contributed by atoms with Crippen LogP contribution in [0.4, 0.5) is 0 Å². The predicted octanol–water partition coefficient (Wildman–Crippen LogP) is 3.28. The smallest absolute Gasteiger partial charge is 0.273 e. The van der Waals surface area contributed by atoms with E-state index in [0.29, 0.717) is 17.5 Å². The van der Waals surface area contributed by atoms with E-state index in [9.17, 15) is 4.79 Å². The minimum absolute atomic E-state index is 0. The van der Waals surface area contributed by atoms with Crippen LogP contribution in [0.25, 0.3) is 10.8 Å². The molecule has 1 amide bonds. The van der Waals surface area contributed by atoms with Crippen molar-refractivity contribution in [3.63, 3.8) is 0 Å². The van der Waals surface area contributed by atoms with Gasteiger partial charge in [0.1, 0.15) is 5.69 Å². The summed E-state index contributed by atoms with van der Waals surface area (Å²) in [5.41, 5.74) is 6.83. The number of nitrogens with zero attached hydrogens (tertiary/aromatic N) is 2. The van der Waals surface area contributed by atoms with Gasteiger partial charge in [0.15, 0.2) is 0 Å². The first-order valence-electron chi connectivity index (χ1n) is 8.12. The average Bonchev–Trinajstić information content (AvgIpc) is 2.99. The number of amides is 1. The maximum absolute atomic E-state index is 12.9. The molecule has 0 spiro atoms. The SMILES string of the molecule is Cl.Cl.NC1CCCC2CN(C(=O)c3nccc4ccccc34)CC12. The molecule has 1 aliphatic carbocycles. The molecule has 3 atom stereocenters. The van der Waals surface area contributed by atoms with Gasteiger partial charge in [0.05, 0.1) is 0 Å². The van der Waals surface area contributed by atoms with Crippen LogP contribution >= 0.6 is 24.8 Å². The van der Waals surface area contributed by atoms with Crippen molar-refractivity contribution in [3.8, 4) is 0 Å². The number of carbonyl (C=O) groups is 1. The number of rotatable bonds is 1. The third-order valence-corrected chi connectivity index (χ3v) is 5.32. The van der Waals surface area contributed by atoms with Crippen LogP contribution in [0, 0.1) is 11.8 Å². The van der Waals surface area contributed by atoms with Gasteiger partial charge in [-0.3, -0.25) is 9.78 Å². The normalized spacial score (nSPS) is 25.5. The number of pyridine rings is 1. The Balaban J connectivity index is 0.00000104. The minimum Gasteiger partial charge on any atom is -0.337 e. The lowest BCUT2D eigenvalue weighted by Gasteiger charge is -2.29. The summed E-state index contributed by atoms with van der Waals surface area (Å²) in [6.07, 6.45) is 5.21. The van der Waals surface area contributed by atoms with Gasteiger partial charge in [0.25, 0.3) is 5.91 Å². The van der Waals surface area contributed by atoms with Crippen LogP contribution in [0.1, 0.15) is 29.8 Å². The quantitative estimate of drug-likeness (QED) is 0.841. The number of hydrogen-bond acceptors (Lipinski definition) is 3. The molecule has 2 fully saturated rings. The van der Waals surface area contributed by atoms with Gasteiger partial charge in [0.2, 0.25) is 0 Å². The number of benzene rings is 1. The van der Waals surface area contributed by atoms with E-state index < -0.39 is 0 Å². The van der Waals surface area contributed by atoms with Crippen molar-refractivity contribution in [2.45, 2.75) is 25.3 Å². The van der Waals surface area contributed by atoms with E-state index in [0.717, 1.165) is 30.3 Å². The fraction of sp³-hybridized carbons (Fsp3) is 0.444. The molecule has 1 aromatic carbocycles. The van der Waals surface area contributed by atoms with Crippen molar-refractivity contribution in [1.29, 1.82) is 0 Å². The lowest BCUT2D eigenvalue weighted by Crippen LogP contribution is -2.38. The first-order chi connectivity index (χ1) is 10.7. The van der Waals surface area contributed by atoms with Crippen LogP contribution in [0.15, 0.2) is 36.5 Å². The Morgan fingerprint density at radius 1 is 1.12 bits per heavy atom. The van der Waals surface area contributed by atoms with Crippen LogP contribution in [-0.2, 0) is 0 Å². The first-order valence-corrected chi connectivity index (χ1v) is 8.12. The molecule has 1 aliphatic heterocycles. The van der Waals surface area contributed by atoms with Gasteiger partial charge in [0, 0.05) is 30.7 Å². The van der Waals surface area contributed by atoms with Crippen LogP contribution < -0.4 is 5.73 Å². The van der Waals surface area contributed by atoms with E-state index in [1.165, 1.54) is 12.8 Å². The number of likely N-dealkylation sites (tertiary alicyclic amines) is 1. The van der Waals surface area contributed by atoms with Crippen LogP contribution in [-0.4, -0.2) is 34.9 Å². The highest BCUT2D eigenvalue weighted by Gasteiger charge is 2.40. The Bertz CT molecular complexity index is 719. The van der Waals surface area contributed by atoms with Crippen molar-refractivity contribution in [1.82, 2.24) is 9.88 Å². The molecule has 4 nitrogen and oxygen atoms in total. The summed E-state index contributed by atoms with van der Waals surface area (Å²) in [4.78, 5) is 19.3. The molecule has 2 aromatic rings. The Labute approximate surface area is 154 Å². The Morgan fingerprint density at radius 3 is 2.71 bits per heavy atom. The highest BCUT2D eigenvalue weighted by molar-refractivity contribution is 6.05. The zero-order valence-corrected chi connectivity index (χ0v) is 15.1. The zero-order chi connectivity index (χ0) is 15.1.